The van der Waals surface area contributed by atoms with Crippen LogP contribution in [-0.2, 0) is 28.5 Å². The van der Waals surface area contributed by atoms with Gasteiger partial charge in [-0.1, -0.05) is 19.3 Å². The zero-order valence-corrected chi connectivity index (χ0v) is 17.3. The van der Waals surface area contributed by atoms with Crippen molar-refractivity contribution < 1.29 is 33.6 Å². The van der Waals surface area contributed by atoms with Gasteiger partial charge in [-0.2, -0.15) is 0 Å². The van der Waals surface area contributed by atoms with Gasteiger partial charge in [-0.05, 0) is 32.1 Å². The Morgan fingerprint density at radius 2 is 1.86 bits per heavy atom. The molecular formula is C21H36O7. The summed E-state index contributed by atoms with van der Waals surface area (Å²) >= 11 is 0. The fraction of sp³-hybridized carbons (Fsp3) is 0.905. The molecule has 7 heteroatoms. The maximum Gasteiger partial charge on any atom is 0.305 e. The van der Waals surface area contributed by atoms with Gasteiger partial charge in [-0.25, -0.2) is 0 Å². The third-order valence-electron chi connectivity index (χ3n) is 5.86. The van der Waals surface area contributed by atoms with E-state index >= 15 is 0 Å². The molecule has 1 N–H and O–H groups in total. The summed E-state index contributed by atoms with van der Waals surface area (Å²) in [6.45, 7) is 2.15. The molecule has 2 fully saturated rings. The molecule has 2 aliphatic rings. The molecule has 1 saturated carbocycles. The summed E-state index contributed by atoms with van der Waals surface area (Å²) in [5.41, 5.74) is 0. The summed E-state index contributed by atoms with van der Waals surface area (Å²) in [6, 6.07) is 0. The minimum absolute atomic E-state index is 0.0160. The number of hydrogen-bond acceptors (Lipinski definition) is 7. The van der Waals surface area contributed by atoms with Gasteiger partial charge in [0.05, 0.1) is 13.2 Å². The van der Waals surface area contributed by atoms with E-state index in [1.54, 1.807) is 0 Å². The van der Waals surface area contributed by atoms with Crippen LogP contribution in [0.2, 0.25) is 0 Å². The quantitative estimate of drug-likeness (QED) is 0.421. The number of rotatable bonds is 11. The summed E-state index contributed by atoms with van der Waals surface area (Å²) in [6.07, 6.45) is 8.09. The monoisotopic (exact) mass is 400 g/mol. The molecule has 4 unspecified atom stereocenters. The highest BCUT2D eigenvalue weighted by Crippen LogP contribution is 2.40. The van der Waals surface area contributed by atoms with Gasteiger partial charge in [-0.15, -0.1) is 0 Å². The summed E-state index contributed by atoms with van der Waals surface area (Å²) in [7, 11) is 1.41. The van der Waals surface area contributed by atoms with Gasteiger partial charge in [0.25, 0.3) is 0 Å². The molecule has 1 aliphatic carbocycles. The van der Waals surface area contributed by atoms with E-state index in [-0.39, 0.29) is 48.9 Å². The Balaban J connectivity index is 1.84. The fourth-order valence-corrected chi connectivity index (χ4v) is 4.41. The molecule has 0 amide bonds. The molecule has 1 saturated heterocycles. The van der Waals surface area contributed by atoms with E-state index in [0.717, 1.165) is 51.4 Å². The highest BCUT2D eigenvalue weighted by atomic mass is 16.7. The van der Waals surface area contributed by atoms with Crippen molar-refractivity contribution in [3.05, 3.63) is 0 Å². The molecule has 0 aromatic rings. The second-order valence-corrected chi connectivity index (χ2v) is 7.89. The maximum atomic E-state index is 11.6. The van der Waals surface area contributed by atoms with Crippen LogP contribution in [0.3, 0.4) is 0 Å². The molecule has 2 rings (SSSR count). The van der Waals surface area contributed by atoms with Crippen LogP contribution in [0.5, 0.6) is 0 Å². The lowest BCUT2D eigenvalue weighted by molar-refractivity contribution is -0.198. The molecule has 5 atom stereocenters. The fourth-order valence-electron chi connectivity index (χ4n) is 4.41. The van der Waals surface area contributed by atoms with Crippen LogP contribution in [-0.4, -0.2) is 55.9 Å². The van der Waals surface area contributed by atoms with Gasteiger partial charge in [0.15, 0.2) is 6.29 Å². The minimum Gasteiger partial charge on any atom is -0.469 e. The highest BCUT2D eigenvalue weighted by Gasteiger charge is 2.45. The van der Waals surface area contributed by atoms with Crippen LogP contribution in [0.4, 0.5) is 0 Å². The molecule has 0 radical (unpaired) electrons. The molecular weight excluding hydrogens is 364 g/mol. The van der Waals surface area contributed by atoms with Crippen LogP contribution >= 0.6 is 0 Å². The maximum absolute atomic E-state index is 11.6. The van der Waals surface area contributed by atoms with Crippen molar-refractivity contribution in [2.45, 2.75) is 89.6 Å². The van der Waals surface area contributed by atoms with Gasteiger partial charge >= 0.3 is 11.9 Å². The number of unbranched alkanes of at least 4 members (excludes halogenated alkanes) is 3. The number of methoxy groups -OCH3 is 1. The average molecular weight is 401 g/mol. The van der Waals surface area contributed by atoms with Crippen molar-refractivity contribution in [3.8, 4) is 0 Å². The van der Waals surface area contributed by atoms with Crippen molar-refractivity contribution >= 4 is 11.9 Å². The summed E-state index contributed by atoms with van der Waals surface area (Å²) in [5.74, 6) is -0.427. The van der Waals surface area contributed by atoms with E-state index in [0.29, 0.717) is 19.4 Å². The lowest BCUT2D eigenvalue weighted by Gasteiger charge is -2.29. The lowest BCUT2D eigenvalue weighted by atomic mass is 9.89. The second-order valence-electron chi connectivity index (χ2n) is 7.89. The van der Waals surface area contributed by atoms with Crippen LogP contribution < -0.4 is 0 Å². The normalized spacial score (nSPS) is 30.2. The van der Waals surface area contributed by atoms with Crippen LogP contribution in [0, 0.1) is 11.8 Å². The number of carbonyl (C=O) groups excluding carboxylic acids is 2. The molecule has 0 bridgehead atoms. The number of aliphatic hydroxyl groups excluding tert-OH is 1. The second kappa shape index (κ2) is 12.4. The van der Waals surface area contributed by atoms with Crippen molar-refractivity contribution in [3.63, 3.8) is 0 Å². The van der Waals surface area contributed by atoms with Crippen LogP contribution in [0.1, 0.15) is 71.1 Å². The Kier molecular flexibility index (Phi) is 10.2. The van der Waals surface area contributed by atoms with E-state index in [9.17, 15) is 14.7 Å². The molecule has 0 aromatic carbocycles. The molecule has 1 aliphatic heterocycles. The summed E-state index contributed by atoms with van der Waals surface area (Å²) < 4.78 is 22.1. The first kappa shape index (κ1) is 23.1. The predicted octanol–water partition coefficient (Wildman–Crippen LogP) is 2.97. The largest absolute Gasteiger partial charge is 0.469 e. The van der Waals surface area contributed by atoms with Gasteiger partial charge in [0.1, 0.15) is 6.10 Å². The Hall–Kier alpha value is -1.18. The number of esters is 2. The van der Waals surface area contributed by atoms with E-state index < -0.39 is 0 Å². The first-order valence-corrected chi connectivity index (χ1v) is 10.7. The summed E-state index contributed by atoms with van der Waals surface area (Å²) in [5, 5.41) is 10.0. The average Bonchev–Trinajstić information content (AvgIpc) is 3.00. The number of aliphatic hydroxyl groups is 1. The van der Waals surface area contributed by atoms with Crippen molar-refractivity contribution in [2.75, 3.05) is 20.3 Å². The minimum atomic E-state index is -0.292. The summed E-state index contributed by atoms with van der Waals surface area (Å²) in [4.78, 5) is 22.7. The van der Waals surface area contributed by atoms with Gasteiger partial charge in [0, 0.05) is 44.8 Å². The first-order chi connectivity index (χ1) is 13.5. The van der Waals surface area contributed by atoms with Crippen molar-refractivity contribution in [1.82, 2.24) is 0 Å². The third kappa shape index (κ3) is 7.33. The van der Waals surface area contributed by atoms with Crippen LogP contribution in [0.15, 0.2) is 0 Å². The Labute approximate surface area is 168 Å². The Morgan fingerprint density at radius 1 is 1.07 bits per heavy atom. The van der Waals surface area contributed by atoms with Gasteiger partial charge in [-0.3, -0.25) is 9.59 Å². The number of hydrogen-bond donors (Lipinski definition) is 1. The molecule has 0 aromatic heterocycles. The number of carbonyl (C=O) groups is 2. The van der Waals surface area contributed by atoms with Crippen molar-refractivity contribution in [2.24, 2.45) is 11.8 Å². The van der Waals surface area contributed by atoms with Gasteiger partial charge < -0.3 is 24.1 Å². The Morgan fingerprint density at radius 3 is 2.50 bits per heavy atom. The molecule has 1 heterocycles. The van der Waals surface area contributed by atoms with Crippen LogP contribution in [0.25, 0.3) is 0 Å². The smallest absolute Gasteiger partial charge is 0.305 e. The molecule has 7 nitrogen and oxygen atoms in total. The van der Waals surface area contributed by atoms with E-state index in [4.69, 9.17) is 14.2 Å². The lowest BCUT2D eigenvalue weighted by Crippen LogP contribution is -2.33. The third-order valence-corrected chi connectivity index (χ3v) is 5.86. The molecule has 28 heavy (non-hydrogen) atoms. The predicted molar refractivity (Wildman–Crippen MR) is 102 cm³/mol. The zero-order chi connectivity index (χ0) is 20.4. The Bertz CT molecular complexity index is 475. The standard InChI is InChI=1S/C21H36O7/c1-15(23)27-18-13-19(28-21-11-7-8-12-26-21)17(14-22)16(18)9-5-3-4-6-10-20(24)25-2/h16-19,21-22H,3-14H2,1-2H3/t16-,17?,18?,19?,21?/m1/s1. The SMILES string of the molecule is COC(=O)CCCCCC[C@H]1C(OC(C)=O)CC(OC2CCCCO2)C1CO. The molecule has 162 valence electrons. The topological polar surface area (TPSA) is 91.3 Å². The van der Waals surface area contributed by atoms with E-state index in [1.165, 1.54) is 14.0 Å². The zero-order valence-electron chi connectivity index (χ0n) is 17.3. The number of ether oxygens (including phenoxy) is 4. The van der Waals surface area contributed by atoms with E-state index in [2.05, 4.69) is 4.74 Å². The van der Waals surface area contributed by atoms with Gasteiger partial charge in [0.2, 0.25) is 0 Å². The highest BCUT2D eigenvalue weighted by molar-refractivity contribution is 5.69. The molecule has 0 spiro atoms. The van der Waals surface area contributed by atoms with Crippen molar-refractivity contribution in [1.29, 1.82) is 0 Å². The first-order valence-electron chi connectivity index (χ1n) is 10.7. The van der Waals surface area contributed by atoms with E-state index in [1.807, 2.05) is 0 Å².